The van der Waals surface area contributed by atoms with E-state index in [4.69, 9.17) is 16.3 Å². The van der Waals surface area contributed by atoms with Crippen LogP contribution >= 0.6 is 11.6 Å². The zero-order valence-electron chi connectivity index (χ0n) is 26.7. The predicted octanol–water partition coefficient (Wildman–Crippen LogP) is 6.77. The van der Waals surface area contributed by atoms with E-state index in [0.717, 1.165) is 47.7 Å². The molecule has 4 aromatic carbocycles. The Bertz CT molecular complexity index is 1780. The number of rotatable bonds is 14. The number of carbonyl (C=O) groups excluding carboxylic acids is 2. The molecule has 0 heterocycles. The molecule has 1 aliphatic rings. The highest BCUT2D eigenvalue weighted by Crippen LogP contribution is 2.28. The third kappa shape index (κ3) is 8.73. The fourth-order valence-electron chi connectivity index (χ4n) is 5.87. The molecule has 1 fully saturated rings. The zero-order chi connectivity index (χ0) is 34.1. The smallest absolute Gasteiger partial charge is 0.264 e. The van der Waals surface area contributed by atoms with Crippen LogP contribution in [0.1, 0.15) is 43.7 Å². The average Bonchev–Trinajstić information content (AvgIpc) is 3.60. The minimum Gasteiger partial charge on any atom is -0.494 e. The number of carbonyl (C=O) groups is 2. The van der Waals surface area contributed by atoms with Crippen LogP contribution in [0.3, 0.4) is 0 Å². The van der Waals surface area contributed by atoms with Gasteiger partial charge in [-0.3, -0.25) is 13.9 Å². The predicted molar refractivity (Wildman–Crippen MR) is 185 cm³/mol. The first-order valence-electron chi connectivity index (χ1n) is 16.0. The maximum absolute atomic E-state index is 14.6. The van der Waals surface area contributed by atoms with Gasteiger partial charge >= 0.3 is 0 Å². The van der Waals surface area contributed by atoms with E-state index in [1.165, 1.54) is 41.3 Å². The van der Waals surface area contributed by atoms with Crippen molar-refractivity contribution in [2.45, 2.75) is 62.6 Å². The van der Waals surface area contributed by atoms with Crippen molar-refractivity contribution in [2.75, 3.05) is 17.5 Å². The summed E-state index contributed by atoms with van der Waals surface area (Å²) in [6.45, 7) is 1.52. The monoisotopic (exact) mass is 691 g/mol. The lowest BCUT2D eigenvalue weighted by atomic mass is 10.0. The van der Waals surface area contributed by atoms with Crippen molar-refractivity contribution in [3.63, 3.8) is 0 Å². The molecule has 1 N–H and O–H groups in total. The molecule has 1 atom stereocenters. The van der Waals surface area contributed by atoms with Gasteiger partial charge in [0.25, 0.3) is 10.0 Å². The highest BCUT2D eigenvalue weighted by atomic mass is 35.5. The summed E-state index contributed by atoms with van der Waals surface area (Å²) < 4.78 is 48.8. The summed E-state index contributed by atoms with van der Waals surface area (Å²) in [5, 5.41) is 3.55. The van der Waals surface area contributed by atoms with Gasteiger partial charge < -0.3 is 15.0 Å². The minimum absolute atomic E-state index is 0.0104. The van der Waals surface area contributed by atoms with Crippen molar-refractivity contribution in [3.8, 4) is 5.75 Å². The van der Waals surface area contributed by atoms with Crippen LogP contribution in [0.25, 0.3) is 0 Å². The molecule has 0 radical (unpaired) electrons. The van der Waals surface area contributed by atoms with Crippen LogP contribution in [-0.2, 0) is 32.6 Å². The second-order valence-corrected chi connectivity index (χ2v) is 14.0. The van der Waals surface area contributed by atoms with Gasteiger partial charge in [0.15, 0.2) is 0 Å². The van der Waals surface area contributed by atoms with Crippen molar-refractivity contribution >= 4 is 39.1 Å². The number of hydrogen-bond acceptors (Lipinski definition) is 5. The third-order valence-electron chi connectivity index (χ3n) is 8.39. The first kappa shape index (κ1) is 34.9. The lowest BCUT2D eigenvalue weighted by Gasteiger charge is -2.34. The Morgan fingerprint density at radius 1 is 0.917 bits per heavy atom. The molecule has 8 nitrogen and oxygen atoms in total. The molecule has 1 saturated carbocycles. The Morgan fingerprint density at radius 2 is 1.56 bits per heavy atom. The molecule has 0 bridgehead atoms. The molecule has 48 heavy (non-hydrogen) atoms. The topological polar surface area (TPSA) is 96.0 Å². The van der Waals surface area contributed by atoms with Crippen LogP contribution in [0.4, 0.5) is 10.1 Å². The van der Waals surface area contributed by atoms with Gasteiger partial charge in [-0.2, -0.15) is 0 Å². The van der Waals surface area contributed by atoms with Gasteiger partial charge in [-0.15, -0.1) is 0 Å². The fourth-order valence-corrected chi connectivity index (χ4v) is 7.48. The number of amides is 2. The van der Waals surface area contributed by atoms with Gasteiger partial charge in [0.05, 0.1) is 17.2 Å². The van der Waals surface area contributed by atoms with Crippen LogP contribution in [-0.4, -0.2) is 50.4 Å². The van der Waals surface area contributed by atoms with E-state index in [0.29, 0.717) is 22.9 Å². The molecule has 0 aliphatic heterocycles. The molecule has 2 amide bonds. The maximum Gasteiger partial charge on any atom is 0.264 e. The average molecular weight is 692 g/mol. The van der Waals surface area contributed by atoms with Gasteiger partial charge in [0.2, 0.25) is 11.8 Å². The summed E-state index contributed by atoms with van der Waals surface area (Å²) in [4.78, 5) is 30.0. The van der Waals surface area contributed by atoms with Crippen molar-refractivity contribution in [1.82, 2.24) is 10.2 Å². The van der Waals surface area contributed by atoms with E-state index < -0.39 is 34.3 Å². The molecular weight excluding hydrogens is 653 g/mol. The molecule has 252 valence electrons. The number of nitrogens with one attached hydrogen (secondary N) is 1. The summed E-state index contributed by atoms with van der Waals surface area (Å²) in [5.74, 6) is -1.02. The fraction of sp³-hybridized carbons (Fsp3) is 0.297. The second kappa shape index (κ2) is 16.1. The number of sulfonamides is 1. The highest BCUT2D eigenvalue weighted by Gasteiger charge is 2.36. The second-order valence-electron chi connectivity index (χ2n) is 11.7. The Kier molecular flexibility index (Phi) is 11.7. The molecule has 11 heteroatoms. The van der Waals surface area contributed by atoms with Crippen LogP contribution in [0, 0.1) is 5.82 Å². The number of nitrogens with zero attached hydrogens (tertiary/aromatic N) is 2. The normalized spacial score (nSPS) is 13.9. The summed E-state index contributed by atoms with van der Waals surface area (Å²) in [5.41, 5.74) is 1.52. The molecule has 5 rings (SSSR count). The van der Waals surface area contributed by atoms with Crippen LogP contribution in [0.15, 0.2) is 108 Å². The van der Waals surface area contributed by atoms with E-state index in [9.17, 15) is 22.4 Å². The van der Waals surface area contributed by atoms with E-state index in [-0.39, 0.29) is 35.5 Å². The van der Waals surface area contributed by atoms with E-state index in [1.54, 1.807) is 24.3 Å². The van der Waals surface area contributed by atoms with E-state index >= 15 is 0 Å². The molecule has 1 aliphatic carbocycles. The summed E-state index contributed by atoms with van der Waals surface area (Å²) in [6, 6.07) is 26.1. The summed E-state index contributed by atoms with van der Waals surface area (Å²) >= 11 is 6.57. The quantitative estimate of drug-likeness (QED) is 0.158. The minimum atomic E-state index is -4.35. The Hall–Kier alpha value is -4.41. The Balaban J connectivity index is 1.56. The lowest BCUT2D eigenvalue weighted by molar-refractivity contribution is -0.140. The Morgan fingerprint density at radius 3 is 2.21 bits per heavy atom. The summed E-state index contributed by atoms with van der Waals surface area (Å²) in [7, 11) is -4.35. The van der Waals surface area contributed by atoms with Crippen LogP contribution in [0.2, 0.25) is 5.02 Å². The number of halogens is 2. The largest absolute Gasteiger partial charge is 0.494 e. The van der Waals surface area contributed by atoms with Gasteiger partial charge in [-0.05, 0) is 85.5 Å². The van der Waals surface area contributed by atoms with Crippen molar-refractivity contribution < 1.29 is 27.1 Å². The molecule has 0 unspecified atom stereocenters. The zero-order valence-corrected chi connectivity index (χ0v) is 28.3. The molecule has 4 aromatic rings. The van der Waals surface area contributed by atoms with Gasteiger partial charge in [-0.25, -0.2) is 12.8 Å². The number of anilines is 1. The molecule has 0 aromatic heterocycles. The van der Waals surface area contributed by atoms with E-state index in [2.05, 4.69) is 5.32 Å². The van der Waals surface area contributed by atoms with Crippen molar-refractivity contribution in [3.05, 3.63) is 125 Å². The van der Waals surface area contributed by atoms with Gasteiger partial charge in [-0.1, -0.05) is 73.0 Å². The van der Waals surface area contributed by atoms with Crippen molar-refractivity contribution in [2.24, 2.45) is 0 Å². The molecular formula is C37H39ClFN3O5S. The number of hydrogen-bond donors (Lipinski definition) is 1. The molecule has 0 spiro atoms. The van der Waals surface area contributed by atoms with E-state index in [1.807, 2.05) is 37.3 Å². The van der Waals surface area contributed by atoms with Crippen LogP contribution in [0.5, 0.6) is 5.75 Å². The summed E-state index contributed by atoms with van der Waals surface area (Å²) in [6.07, 6.45) is 3.90. The SMILES string of the molecule is CCOc1ccc(S(=O)(=O)N(CC(=O)N(Cc2ccccc2Cl)[C@@H](Cc2ccccc2)C(=O)NC2CCCC2)c2ccc(F)cc2)cc1. The first-order valence-corrected chi connectivity index (χ1v) is 17.9. The third-order valence-corrected chi connectivity index (χ3v) is 10.5. The number of ether oxygens (including phenoxy) is 1. The standard InChI is InChI=1S/C37H39ClFN3O5S/c1-2-47-32-20-22-33(23-21-32)48(45,46)42(31-18-16-29(39)17-19-31)26-36(43)41(25-28-12-6-9-15-34(28)38)35(24-27-10-4-3-5-11-27)37(44)40-30-13-7-8-14-30/h3-6,9-12,15-23,30,35H,2,7-8,13-14,24-26H2,1H3,(H,40,44)/t35-/m0/s1. The highest BCUT2D eigenvalue weighted by molar-refractivity contribution is 7.92. The Labute approximate surface area is 286 Å². The van der Waals surface area contributed by atoms with Crippen molar-refractivity contribution in [1.29, 1.82) is 0 Å². The van der Waals surface area contributed by atoms with Gasteiger partial charge in [0.1, 0.15) is 24.2 Å². The molecule has 0 saturated heterocycles. The lowest BCUT2D eigenvalue weighted by Crippen LogP contribution is -2.54. The number of benzene rings is 4. The maximum atomic E-state index is 14.6. The van der Waals surface area contributed by atoms with Crippen LogP contribution < -0.4 is 14.4 Å². The van der Waals surface area contributed by atoms with Gasteiger partial charge in [0, 0.05) is 24.0 Å². The first-order chi connectivity index (χ1) is 23.2.